The molecule has 1 aliphatic rings. The first-order chi connectivity index (χ1) is 18.1. The normalized spacial score (nSPS) is 15.6. The van der Waals surface area contributed by atoms with Crippen LogP contribution in [0.5, 0.6) is 5.75 Å². The molecule has 0 unspecified atom stereocenters. The molecule has 0 bridgehead atoms. The van der Waals surface area contributed by atoms with E-state index >= 15 is 0 Å². The highest BCUT2D eigenvalue weighted by atomic mass is 32.1. The maximum Gasteiger partial charge on any atom is 0.302 e. The Hall–Kier alpha value is -4.52. The van der Waals surface area contributed by atoms with E-state index in [0.717, 1.165) is 21.8 Å². The van der Waals surface area contributed by atoms with Crippen LogP contribution in [0.2, 0.25) is 0 Å². The number of fused-ring (bicyclic) bond motifs is 1. The molecule has 1 saturated heterocycles. The lowest BCUT2D eigenvalue weighted by atomic mass is 10.0. The van der Waals surface area contributed by atoms with Crippen LogP contribution < -0.4 is 11.3 Å². The molecule has 0 aliphatic carbocycles. The van der Waals surface area contributed by atoms with Crippen molar-refractivity contribution in [2.24, 2.45) is 5.73 Å². The van der Waals surface area contributed by atoms with Gasteiger partial charge < -0.3 is 25.0 Å². The van der Waals surface area contributed by atoms with Gasteiger partial charge in [0, 0.05) is 35.5 Å². The van der Waals surface area contributed by atoms with E-state index < -0.39 is 23.0 Å². The molecular formula is C25H23FN6O5S. The average molecular weight is 539 g/mol. The number of carbonyl (C=O) groups excluding carboxylic acids is 2. The number of aromatic hydroxyl groups is 1. The van der Waals surface area contributed by atoms with Crippen molar-refractivity contribution >= 4 is 28.9 Å². The van der Waals surface area contributed by atoms with Crippen molar-refractivity contribution in [2.45, 2.75) is 26.0 Å². The van der Waals surface area contributed by atoms with Gasteiger partial charge in [-0.25, -0.2) is 18.8 Å². The summed E-state index contributed by atoms with van der Waals surface area (Å²) in [4.78, 5) is 48.6. The zero-order valence-corrected chi connectivity index (χ0v) is 21.1. The molecule has 0 spiro atoms. The first-order valence-corrected chi connectivity index (χ1v) is 12.4. The third-order valence-electron chi connectivity index (χ3n) is 6.05. The van der Waals surface area contributed by atoms with Crippen LogP contribution in [0.4, 0.5) is 4.39 Å². The number of hydrogen-bond donors (Lipinski definition) is 2. The monoisotopic (exact) mass is 538 g/mol. The summed E-state index contributed by atoms with van der Waals surface area (Å²) >= 11 is 1.15. The van der Waals surface area contributed by atoms with Crippen LogP contribution in [-0.2, 0) is 22.5 Å². The van der Waals surface area contributed by atoms with Gasteiger partial charge in [-0.3, -0.25) is 14.4 Å². The highest BCUT2D eigenvalue weighted by Crippen LogP contribution is 2.30. The van der Waals surface area contributed by atoms with E-state index in [-0.39, 0.29) is 53.6 Å². The number of aromatic nitrogens is 4. The fourth-order valence-electron chi connectivity index (χ4n) is 4.34. The summed E-state index contributed by atoms with van der Waals surface area (Å²) in [6.45, 7) is 6.24. The SMILES string of the molecule is C=C1CN(C(=O)Cn2ccn3c(=O)c(O)c(-c4ncc(Cc5ccc(F)cc5C(N)=O)s4)nc23)C[C@H](C)O1. The van der Waals surface area contributed by atoms with Gasteiger partial charge in [-0.15, -0.1) is 11.3 Å². The average Bonchev–Trinajstić information content (AvgIpc) is 3.49. The molecule has 11 nitrogen and oxygen atoms in total. The second-order valence-electron chi connectivity index (χ2n) is 8.93. The zero-order chi connectivity index (χ0) is 27.1. The number of nitrogens with zero attached hydrogens (tertiary/aromatic N) is 5. The highest BCUT2D eigenvalue weighted by Gasteiger charge is 2.25. The molecule has 3 N–H and O–H groups in total. The van der Waals surface area contributed by atoms with Crippen LogP contribution >= 0.6 is 11.3 Å². The number of thiazole rings is 1. The van der Waals surface area contributed by atoms with Crippen molar-refractivity contribution in [3.63, 3.8) is 0 Å². The quantitative estimate of drug-likeness (QED) is 0.381. The Morgan fingerprint density at radius 3 is 2.87 bits per heavy atom. The Labute approximate surface area is 219 Å². The minimum absolute atomic E-state index is 0.0405. The molecule has 4 aromatic rings. The maximum atomic E-state index is 13.6. The Kier molecular flexibility index (Phi) is 6.45. The molecule has 1 atom stereocenters. The Morgan fingerprint density at radius 2 is 2.13 bits per heavy atom. The smallest absolute Gasteiger partial charge is 0.302 e. The van der Waals surface area contributed by atoms with Gasteiger partial charge in [0.2, 0.25) is 23.3 Å². The number of halogens is 1. The van der Waals surface area contributed by atoms with Crippen LogP contribution in [0.25, 0.3) is 16.5 Å². The molecule has 2 amide bonds. The molecule has 1 fully saturated rings. The van der Waals surface area contributed by atoms with Crippen LogP contribution in [0.3, 0.4) is 0 Å². The number of imidazole rings is 1. The minimum atomic E-state index is -0.756. The van der Waals surface area contributed by atoms with E-state index in [4.69, 9.17) is 10.5 Å². The number of morpholine rings is 1. The molecule has 1 aromatic carbocycles. The second-order valence-corrected chi connectivity index (χ2v) is 10.0. The number of rotatable bonds is 6. The fraction of sp³-hybridized carbons (Fsp3) is 0.240. The molecule has 13 heteroatoms. The molecule has 38 heavy (non-hydrogen) atoms. The van der Waals surface area contributed by atoms with Gasteiger partial charge >= 0.3 is 5.56 Å². The lowest BCUT2D eigenvalue weighted by molar-refractivity contribution is -0.135. The third-order valence-corrected chi connectivity index (χ3v) is 7.06. The molecular weight excluding hydrogens is 515 g/mol. The van der Waals surface area contributed by atoms with Crippen molar-refractivity contribution in [1.29, 1.82) is 0 Å². The lowest BCUT2D eigenvalue weighted by Crippen LogP contribution is -2.44. The number of amides is 2. The third kappa shape index (κ3) is 4.75. The predicted molar refractivity (Wildman–Crippen MR) is 136 cm³/mol. The van der Waals surface area contributed by atoms with Crippen LogP contribution in [-0.4, -0.2) is 60.0 Å². The maximum absolute atomic E-state index is 13.6. The number of hydrogen-bond acceptors (Lipinski definition) is 8. The van der Waals surface area contributed by atoms with Crippen molar-refractivity contribution in [3.8, 4) is 16.5 Å². The predicted octanol–water partition coefficient (Wildman–Crippen LogP) is 1.91. The largest absolute Gasteiger partial charge is 0.501 e. The van der Waals surface area contributed by atoms with Crippen molar-refractivity contribution in [1.82, 2.24) is 23.8 Å². The number of benzene rings is 1. The van der Waals surface area contributed by atoms with Gasteiger partial charge in [-0.1, -0.05) is 12.6 Å². The summed E-state index contributed by atoms with van der Waals surface area (Å²) in [5.41, 5.74) is 5.20. The Bertz CT molecular complexity index is 1660. The van der Waals surface area contributed by atoms with E-state index in [1.54, 1.807) is 4.90 Å². The van der Waals surface area contributed by atoms with E-state index in [2.05, 4.69) is 16.5 Å². The number of nitrogens with two attached hydrogens (primary N) is 1. The summed E-state index contributed by atoms with van der Waals surface area (Å²) < 4.78 is 21.8. The molecule has 0 saturated carbocycles. The second kappa shape index (κ2) is 9.74. The van der Waals surface area contributed by atoms with E-state index in [0.29, 0.717) is 22.7 Å². The highest BCUT2D eigenvalue weighted by molar-refractivity contribution is 7.15. The fourth-order valence-corrected chi connectivity index (χ4v) is 5.26. The molecule has 1 aliphatic heterocycles. The summed E-state index contributed by atoms with van der Waals surface area (Å²) in [6.07, 6.45) is 4.53. The molecule has 196 valence electrons. The first-order valence-electron chi connectivity index (χ1n) is 11.6. The molecule has 5 rings (SSSR count). The molecule has 3 aromatic heterocycles. The van der Waals surface area contributed by atoms with Gasteiger partial charge in [0.1, 0.15) is 29.2 Å². The Morgan fingerprint density at radius 1 is 1.34 bits per heavy atom. The summed E-state index contributed by atoms with van der Waals surface area (Å²) in [5.74, 6) is -1.48. The van der Waals surface area contributed by atoms with Gasteiger partial charge in [-0.05, 0) is 24.6 Å². The van der Waals surface area contributed by atoms with Crippen molar-refractivity contribution in [2.75, 3.05) is 13.1 Å². The summed E-state index contributed by atoms with van der Waals surface area (Å²) in [5, 5.41) is 10.9. The Balaban J connectivity index is 1.45. The number of ether oxygens (including phenoxy) is 1. The van der Waals surface area contributed by atoms with Crippen LogP contribution in [0.1, 0.15) is 27.7 Å². The first kappa shape index (κ1) is 25.1. The van der Waals surface area contributed by atoms with Crippen molar-refractivity contribution < 1.29 is 23.8 Å². The lowest BCUT2D eigenvalue weighted by Gasteiger charge is -2.33. The van der Waals surface area contributed by atoms with E-state index in [1.165, 1.54) is 35.3 Å². The van der Waals surface area contributed by atoms with Gasteiger partial charge in [0.05, 0.1) is 13.1 Å². The molecule has 4 heterocycles. The topological polar surface area (TPSA) is 145 Å². The van der Waals surface area contributed by atoms with Crippen molar-refractivity contribution in [3.05, 3.63) is 81.3 Å². The summed E-state index contributed by atoms with van der Waals surface area (Å²) in [6, 6.07) is 3.77. The number of primary amides is 1. The zero-order valence-electron chi connectivity index (χ0n) is 20.3. The van der Waals surface area contributed by atoms with E-state index in [1.807, 2.05) is 6.92 Å². The summed E-state index contributed by atoms with van der Waals surface area (Å²) in [7, 11) is 0. The molecule has 0 radical (unpaired) electrons. The van der Waals surface area contributed by atoms with Crippen LogP contribution in [0, 0.1) is 5.82 Å². The minimum Gasteiger partial charge on any atom is -0.501 e. The number of carbonyl (C=O) groups is 2. The van der Waals surface area contributed by atoms with Gasteiger partial charge in [0.15, 0.2) is 5.69 Å². The standard InChI is InChI=1S/C25H23FN6O5S/c1-13-10-31(11-14(2)37-13)19(33)12-30-5-6-32-24(36)21(34)20(29-25(30)32)23-28-9-17(38-23)7-15-3-4-16(26)8-18(15)22(27)35/h3-6,8-9,14,34H,1,7,10-12H2,2H3,(H2,27,35)/t14-/m0/s1. The van der Waals surface area contributed by atoms with Crippen LogP contribution in [0.15, 0.2) is 53.9 Å². The van der Waals surface area contributed by atoms with Gasteiger partial charge in [-0.2, -0.15) is 0 Å². The van der Waals surface area contributed by atoms with E-state index in [9.17, 15) is 23.9 Å². The van der Waals surface area contributed by atoms with Gasteiger partial charge in [0.25, 0.3) is 0 Å².